The minimum Gasteiger partial charge on any atom is -0.480 e. The molecule has 7 heteroatoms. The van der Waals surface area contributed by atoms with Crippen LogP contribution < -0.4 is 5.32 Å². The molecule has 1 aliphatic rings. The van der Waals surface area contributed by atoms with Gasteiger partial charge in [0.1, 0.15) is 12.6 Å². The van der Waals surface area contributed by atoms with E-state index >= 15 is 0 Å². The second-order valence-electron chi connectivity index (χ2n) is 9.04. The minimum atomic E-state index is -0.961. The number of hydrogen-bond acceptors (Lipinski definition) is 5. The summed E-state index contributed by atoms with van der Waals surface area (Å²) in [5.74, 6) is -0.638. The van der Waals surface area contributed by atoms with Crippen LogP contribution in [0.15, 0.2) is 60.7 Å². The molecule has 0 aliphatic carbocycles. The number of aliphatic hydroxyl groups excluding tert-OH is 1. The zero-order valence-electron chi connectivity index (χ0n) is 20.0. The Morgan fingerprint density at radius 3 is 2.18 bits per heavy atom. The van der Waals surface area contributed by atoms with E-state index in [1.165, 1.54) is 0 Å². The van der Waals surface area contributed by atoms with Crippen LogP contribution in [0, 0.1) is 5.92 Å². The molecule has 0 unspecified atom stereocenters. The van der Waals surface area contributed by atoms with E-state index < -0.39 is 36.3 Å². The Bertz CT molecular complexity index is 904. The van der Waals surface area contributed by atoms with Crippen molar-refractivity contribution in [3.63, 3.8) is 0 Å². The standard InChI is InChI=1S/C27H36N2O5/c1-3-19(4-2)15-24(30)25-22(28-27(33)34-18-21-13-9-6-10-14-21)16-23(26(31)32)29(25)17-20-11-7-5-8-12-20/h5-14,19,22-25,30H,3-4,15-18H2,1-2H3,(H,28,33)(H,31,32)/t22-,23-,24+,25-/m1/s1. The van der Waals surface area contributed by atoms with E-state index in [9.17, 15) is 19.8 Å². The van der Waals surface area contributed by atoms with Crippen molar-refractivity contribution in [1.82, 2.24) is 10.2 Å². The van der Waals surface area contributed by atoms with Gasteiger partial charge in [-0.3, -0.25) is 9.69 Å². The predicted molar refractivity (Wildman–Crippen MR) is 130 cm³/mol. The molecule has 1 aliphatic heterocycles. The number of carboxylic acids is 1. The first-order valence-electron chi connectivity index (χ1n) is 12.1. The molecule has 7 nitrogen and oxygen atoms in total. The monoisotopic (exact) mass is 468 g/mol. The Labute approximate surface area is 201 Å². The quantitative estimate of drug-likeness (QED) is 0.457. The molecule has 4 atom stereocenters. The van der Waals surface area contributed by atoms with Crippen molar-refractivity contribution in [3.8, 4) is 0 Å². The number of carboxylic acid groups (broad SMARTS) is 1. The normalized spacial score (nSPS) is 21.4. The number of carbonyl (C=O) groups is 2. The number of hydrogen-bond donors (Lipinski definition) is 3. The van der Waals surface area contributed by atoms with Crippen molar-refractivity contribution in [2.45, 2.75) is 76.9 Å². The molecule has 0 saturated carbocycles. The Balaban J connectivity index is 1.79. The molecular formula is C27H36N2O5. The van der Waals surface area contributed by atoms with E-state index in [-0.39, 0.29) is 13.0 Å². The summed E-state index contributed by atoms with van der Waals surface area (Å²) in [6, 6.07) is 17.1. The SMILES string of the molecule is CCC(CC)C[C@H](O)[C@H]1[C@H](NC(=O)OCc2ccccc2)C[C@H](C(=O)O)N1Cc1ccccc1. The third-order valence-electron chi connectivity index (χ3n) is 6.81. The number of aliphatic hydroxyl groups is 1. The molecule has 2 aromatic rings. The molecule has 0 radical (unpaired) electrons. The molecule has 1 saturated heterocycles. The molecule has 0 aromatic heterocycles. The van der Waals surface area contributed by atoms with Gasteiger partial charge in [0.2, 0.25) is 0 Å². The molecule has 184 valence electrons. The number of ether oxygens (including phenoxy) is 1. The highest BCUT2D eigenvalue weighted by atomic mass is 16.5. The van der Waals surface area contributed by atoms with Gasteiger partial charge in [0.25, 0.3) is 0 Å². The van der Waals surface area contributed by atoms with Crippen LogP contribution in [-0.2, 0) is 22.7 Å². The van der Waals surface area contributed by atoms with E-state index in [0.717, 1.165) is 24.0 Å². The van der Waals surface area contributed by atoms with E-state index in [4.69, 9.17) is 4.74 Å². The van der Waals surface area contributed by atoms with E-state index in [1.54, 1.807) is 0 Å². The van der Waals surface area contributed by atoms with Gasteiger partial charge in [0.05, 0.1) is 18.2 Å². The van der Waals surface area contributed by atoms with Gasteiger partial charge in [-0.15, -0.1) is 0 Å². The van der Waals surface area contributed by atoms with Crippen LogP contribution in [0.4, 0.5) is 4.79 Å². The minimum absolute atomic E-state index is 0.121. The Morgan fingerprint density at radius 2 is 1.62 bits per heavy atom. The average molecular weight is 469 g/mol. The average Bonchev–Trinajstić information content (AvgIpc) is 3.20. The molecule has 0 spiro atoms. The number of benzene rings is 2. The maximum atomic E-state index is 12.6. The molecule has 1 fully saturated rings. The maximum Gasteiger partial charge on any atom is 0.407 e. The van der Waals surface area contributed by atoms with Crippen molar-refractivity contribution >= 4 is 12.1 Å². The van der Waals surface area contributed by atoms with Crippen molar-refractivity contribution in [2.75, 3.05) is 0 Å². The van der Waals surface area contributed by atoms with Crippen LogP contribution in [0.1, 0.15) is 50.7 Å². The van der Waals surface area contributed by atoms with E-state index in [0.29, 0.717) is 18.9 Å². The number of amides is 1. The summed E-state index contributed by atoms with van der Waals surface area (Å²) in [5.41, 5.74) is 1.82. The summed E-state index contributed by atoms with van der Waals surface area (Å²) in [4.78, 5) is 26.6. The van der Waals surface area contributed by atoms with Gasteiger partial charge >= 0.3 is 12.1 Å². The molecule has 1 heterocycles. The fraction of sp³-hybridized carbons (Fsp3) is 0.481. The second kappa shape index (κ2) is 12.5. The lowest BCUT2D eigenvalue weighted by Crippen LogP contribution is -2.52. The lowest BCUT2D eigenvalue weighted by molar-refractivity contribution is -0.143. The molecule has 3 N–H and O–H groups in total. The number of alkyl carbamates (subject to hydrolysis) is 1. The van der Waals surface area contributed by atoms with Crippen LogP contribution >= 0.6 is 0 Å². The molecule has 3 rings (SSSR count). The summed E-state index contributed by atoms with van der Waals surface area (Å²) in [6.07, 6.45) is 1.22. The van der Waals surface area contributed by atoms with Gasteiger partial charge < -0.3 is 20.3 Å². The highest BCUT2D eigenvalue weighted by molar-refractivity contribution is 5.75. The van der Waals surface area contributed by atoms with Crippen molar-refractivity contribution in [2.24, 2.45) is 5.92 Å². The van der Waals surface area contributed by atoms with Crippen LogP contribution in [0.5, 0.6) is 0 Å². The summed E-state index contributed by atoms with van der Waals surface area (Å²) in [5, 5.41) is 24.1. The summed E-state index contributed by atoms with van der Waals surface area (Å²) >= 11 is 0. The molecule has 1 amide bonds. The van der Waals surface area contributed by atoms with Gasteiger partial charge in [-0.1, -0.05) is 87.4 Å². The van der Waals surface area contributed by atoms with Crippen LogP contribution in [0.2, 0.25) is 0 Å². The summed E-state index contributed by atoms with van der Waals surface area (Å²) in [7, 11) is 0. The Hall–Kier alpha value is -2.90. The number of carbonyl (C=O) groups excluding carboxylic acids is 1. The van der Waals surface area contributed by atoms with Crippen molar-refractivity contribution in [3.05, 3.63) is 71.8 Å². The number of nitrogens with zero attached hydrogens (tertiary/aromatic N) is 1. The Kier molecular flexibility index (Phi) is 9.48. The largest absolute Gasteiger partial charge is 0.480 e. The second-order valence-corrected chi connectivity index (χ2v) is 9.04. The zero-order chi connectivity index (χ0) is 24.5. The van der Waals surface area contributed by atoms with Gasteiger partial charge in [0.15, 0.2) is 0 Å². The Morgan fingerprint density at radius 1 is 1.03 bits per heavy atom. The fourth-order valence-electron chi connectivity index (χ4n) is 4.86. The van der Waals surface area contributed by atoms with Crippen LogP contribution in [-0.4, -0.2) is 51.4 Å². The third-order valence-corrected chi connectivity index (χ3v) is 6.81. The van der Waals surface area contributed by atoms with E-state index in [2.05, 4.69) is 19.2 Å². The first-order valence-corrected chi connectivity index (χ1v) is 12.1. The third kappa shape index (κ3) is 6.81. The predicted octanol–water partition coefficient (Wildman–Crippen LogP) is 4.20. The van der Waals surface area contributed by atoms with Gasteiger partial charge in [-0.05, 0) is 29.9 Å². The van der Waals surface area contributed by atoms with Gasteiger partial charge in [0, 0.05) is 6.54 Å². The van der Waals surface area contributed by atoms with Crippen LogP contribution in [0.3, 0.4) is 0 Å². The summed E-state index contributed by atoms with van der Waals surface area (Å²) < 4.78 is 5.39. The number of rotatable bonds is 11. The lowest BCUT2D eigenvalue weighted by Gasteiger charge is -2.35. The topological polar surface area (TPSA) is 99.1 Å². The number of likely N-dealkylation sites (tertiary alicyclic amines) is 1. The molecule has 34 heavy (non-hydrogen) atoms. The molecular weight excluding hydrogens is 432 g/mol. The fourth-order valence-corrected chi connectivity index (χ4v) is 4.86. The first-order chi connectivity index (χ1) is 16.4. The highest BCUT2D eigenvalue weighted by Crippen LogP contribution is 2.32. The number of aliphatic carboxylic acids is 1. The first kappa shape index (κ1) is 25.7. The summed E-state index contributed by atoms with van der Waals surface area (Å²) in [6.45, 7) is 4.68. The van der Waals surface area contributed by atoms with Crippen LogP contribution in [0.25, 0.3) is 0 Å². The number of nitrogens with one attached hydrogen (secondary N) is 1. The highest BCUT2D eigenvalue weighted by Gasteiger charge is 2.48. The van der Waals surface area contributed by atoms with Crippen molar-refractivity contribution < 1.29 is 24.5 Å². The molecule has 2 aromatic carbocycles. The zero-order valence-corrected chi connectivity index (χ0v) is 20.0. The van der Waals surface area contributed by atoms with Gasteiger partial charge in [-0.2, -0.15) is 0 Å². The maximum absolute atomic E-state index is 12.6. The van der Waals surface area contributed by atoms with Crippen molar-refractivity contribution in [1.29, 1.82) is 0 Å². The smallest absolute Gasteiger partial charge is 0.407 e. The van der Waals surface area contributed by atoms with E-state index in [1.807, 2.05) is 65.6 Å². The molecule has 0 bridgehead atoms. The van der Waals surface area contributed by atoms with Gasteiger partial charge in [-0.25, -0.2) is 4.79 Å². The lowest BCUT2D eigenvalue weighted by atomic mass is 9.90.